The van der Waals surface area contributed by atoms with Gasteiger partial charge in [0, 0.05) is 5.75 Å². The molecule has 1 aromatic carbocycles. The molecule has 2 rings (SSSR count). The zero-order valence-corrected chi connectivity index (χ0v) is 12.1. The first-order valence-corrected chi connectivity index (χ1v) is 7.60. The Bertz CT molecular complexity index is 427. The van der Waals surface area contributed by atoms with E-state index in [9.17, 15) is 0 Å². The van der Waals surface area contributed by atoms with Crippen molar-refractivity contribution in [2.45, 2.75) is 40.0 Å². The lowest BCUT2D eigenvalue weighted by molar-refractivity contribution is 0.826. The van der Waals surface area contributed by atoms with E-state index in [1.165, 1.54) is 23.3 Å². The van der Waals surface area contributed by atoms with Gasteiger partial charge in [-0.3, -0.25) is 0 Å². The average Bonchev–Trinajstić information content (AvgIpc) is 2.50. The summed E-state index contributed by atoms with van der Waals surface area (Å²) >= 11 is 1.97. The normalized spacial score (nSPS) is 15.8. The van der Waals surface area contributed by atoms with Crippen LogP contribution in [0, 0.1) is 5.92 Å². The summed E-state index contributed by atoms with van der Waals surface area (Å²) in [6.07, 6.45) is 1.20. The largest absolute Gasteiger partial charge is 0.133 e. The lowest BCUT2D eigenvalue weighted by Crippen LogP contribution is -2.04. The van der Waals surface area contributed by atoms with Crippen molar-refractivity contribution in [3.8, 4) is 0 Å². The summed E-state index contributed by atoms with van der Waals surface area (Å²) < 4.78 is 0. The molecular formula is C16H22S. The van der Waals surface area contributed by atoms with Crippen molar-refractivity contribution in [3.63, 3.8) is 0 Å². The van der Waals surface area contributed by atoms with E-state index in [4.69, 9.17) is 0 Å². The smallest absolute Gasteiger partial charge is 0.00149 e. The van der Waals surface area contributed by atoms with E-state index in [1.54, 1.807) is 11.1 Å². The van der Waals surface area contributed by atoms with Crippen molar-refractivity contribution in [2.75, 3.05) is 5.75 Å². The summed E-state index contributed by atoms with van der Waals surface area (Å²) in [5.74, 6) is 2.43. The van der Waals surface area contributed by atoms with E-state index >= 15 is 0 Å². The molecule has 1 heterocycles. The maximum atomic E-state index is 2.39. The number of thioether (sulfide) groups is 1. The predicted octanol–water partition coefficient (Wildman–Crippen LogP) is 5.10. The molecule has 17 heavy (non-hydrogen) atoms. The molecule has 0 saturated heterocycles. The molecule has 1 aromatic rings. The van der Waals surface area contributed by atoms with Crippen LogP contribution in [0.15, 0.2) is 23.6 Å². The molecule has 0 nitrogen and oxygen atoms in total. The molecule has 0 aliphatic carbocycles. The van der Waals surface area contributed by atoms with Gasteiger partial charge in [0.25, 0.3) is 0 Å². The monoisotopic (exact) mass is 246 g/mol. The van der Waals surface area contributed by atoms with Gasteiger partial charge in [-0.2, -0.15) is 0 Å². The zero-order valence-electron chi connectivity index (χ0n) is 11.3. The highest BCUT2D eigenvalue weighted by atomic mass is 32.2. The van der Waals surface area contributed by atoms with E-state index in [-0.39, 0.29) is 0 Å². The minimum Gasteiger partial charge on any atom is -0.133 e. The van der Waals surface area contributed by atoms with Crippen LogP contribution in [0.4, 0.5) is 0 Å². The zero-order chi connectivity index (χ0) is 12.4. The lowest BCUT2D eigenvalue weighted by atomic mass is 9.84. The molecule has 1 aliphatic rings. The average molecular weight is 246 g/mol. The molecule has 0 saturated carbocycles. The first kappa shape index (κ1) is 12.8. The summed E-state index contributed by atoms with van der Waals surface area (Å²) in [5.41, 5.74) is 6.14. The Balaban J connectivity index is 2.61. The Hall–Kier alpha value is -0.690. The summed E-state index contributed by atoms with van der Waals surface area (Å²) in [5, 5.41) is 2.39. The van der Waals surface area contributed by atoms with Gasteiger partial charge in [0.2, 0.25) is 0 Å². The van der Waals surface area contributed by atoms with Crippen LogP contribution < -0.4 is 0 Å². The second-order valence-corrected chi connectivity index (χ2v) is 6.36. The van der Waals surface area contributed by atoms with Crippen LogP contribution in [-0.2, 0) is 6.42 Å². The minimum atomic E-state index is 0.607. The summed E-state index contributed by atoms with van der Waals surface area (Å²) in [7, 11) is 0. The number of hydrogen-bond donors (Lipinski definition) is 0. The third kappa shape index (κ3) is 2.60. The van der Waals surface area contributed by atoms with Gasteiger partial charge < -0.3 is 0 Å². The summed E-state index contributed by atoms with van der Waals surface area (Å²) in [4.78, 5) is 0. The Morgan fingerprint density at radius 3 is 2.47 bits per heavy atom. The third-order valence-electron chi connectivity index (χ3n) is 3.42. The fourth-order valence-electron chi connectivity index (χ4n) is 2.46. The molecule has 0 N–H and O–H groups in total. The molecule has 0 aromatic heterocycles. The molecule has 0 spiro atoms. The van der Waals surface area contributed by atoms with Gasteiger partial charge >= 0.3 is 0 Å². The predicted molar refractivity (Wildman–Crippen MR) is 79.5 cm³/mol. The maximum absolute atomic E-state index is 2.39. The van der Waals surface area contributed by atoms with Crippen molar-refractivity contribution < 1.29 is 0 Å². The van der Waals surface area contributed by atoms with E-state index in [0.717, 1.165) is 0 Å². The van der Waals surface area contributed by atoms with Crippen LogP contribution in [0.3, 0.4) is 0 Å². The Morgan fingerprint density at radius 1 is 1.06 bits per heavy atom. The molecule has 1 aliphatic heterocycles. The summed E-state index contributed by atoms with van der Waals surface area (Å²) in [6.45, 7) is 9.20. The van der Waals surface area contributed by atoms with E-state index < -0.39 is 0 Å². The molecule has 0 unspecified atom stereocenters. The number of benzene rings is 1. The van der Waals surface area contributed by atoms with Gasteiger partial charge in [-0.1, -0.05) is 45.9 Å². The number of fused-ring (bicyclic) bond motifs is 1. The van der Waals surface area contributed by atoms with Crippen LogP contribution in [0.1, 0.15) is 50.3 Å². The number of allylic oxidation sites excluding steroid dienone is 1. The second-order valence-electron chi connectivity index (χ2n) is 5.38. The molecule has 0 atom stereocenters. The van der Waals surface area contributed by atoms with Crippen molar-refractivity contribution in [2.24, 2.45) is 5.92 Å². The maximum Gasteiger partial charge on any atom is 0.00149 e. The minimum absolute atomic E-state index is 0.607. The van der Waals surface area contributed by atoms with E-state index in [0.29, 0.717) is 11.8 Å². The van der Waals surface area contributed by atoms with E-state index in [2.05, 4.69) is 51.3 Å². The molecule has 1 heteroatoms. The molecule has 92 valence electrons. The number of rotatable bonds is 2. The molecule has 0 fully saturated rings. The van der Waals surface area contributed by atoms with Gasteiger partial charge in [0.15, 0.2) is 0 Å². The summed E-state index contributed by atoms with van der Waals surface area (Å²) in [6, 6.07) is 6.83. The first-order valence-electron chi connectivity index (χ1n) is 6.55. The van der Waals surface area contributed by atoms with Crippen LogP contribution in [0.5, 0.6) is 0 Å². The topological polar surface area (TPSA) is 0 Å². The Labute approximate surface area is 110 Å². The van der Waals surface area contributed by atoms with Crippen molar-refractivity contribution in [1.29, 1.82) is 0 Å². The fraction of sp³-hybridized carbons (Fsp3) is 0.500. The second kappa shape index (κ2) is 5.30. The highest BCUT2D eigenvalue weighted by Crippen LogP contribution is 2.37. The molecular weight excluding hydrogens is 224 g/mol. The van der Waals surface area contributed by atoms with Crippen molar-refractivity contribution in [3.05, 3.63) is 40.3 Å². The third-order valence-corrected chi connectivity index (χ3v) is 4.28. The van der Waals surface area contributed by atoms with E-state index in [1.807, 2.05) is 11.8 Å². The molecule has 0 radical (unpaired) electrons. The van der Waals surface area contributed by atoms with Gasteiger partial charge in [-0.25, -0.2) is 0 Å². The highest BCUT2D eigenvalue weighted by molar-refractivity contribution is 8.02. The van der Waals surface area contributed by atoms with Crippen LogP contribution in [-0.4, -0.2) is 5.75 Å². The van der Waals surface area contributed by atoms with Crippen LogP contribution in [0.25, 0.3) is 5.57 Å². The van der Waals surface area contributed by atoms with Gasteiger partial charge in [0.05, 0.1) is 0 Å². The molecule has 0 amide bonds. The van der Waals surface area contributed by atoms with Crippen molar-refractivity contribution >= 4 is 17.3 Å². The van der Waals surface area contributed by atoms with Gasteiger partial charge in [-0.05, 0) is 45.9 Å². The number of hydrogen-bond acceptors (Lipinski definition) is 1. The fourth-order valence-corrected chi connectivity index (χ4v) is 3.49. The van der Waals surface area contributed by atoms with Gasteiger partial charge in [-0.15, -0.1) is 11.8 Å². The Kier molecular flexibility index (Phi) is 3.98. The van der Waals surface area contributed by atoms with Crippen LogP contribution >= 0.6 is 11.8 Å². The first-order chi connectivity index (χ1) is 8.11. The SMILES string of the molecule is CC(C)C1=CSCCc2cccc(C(C)C)c21. The lowest BCUT2D eigenvalue weighted by Gasteiger charge is -2.20. The Morgan fingerprint density at radius 2 is 1.82 bits per heavy atom. The number of aryl methyl sites for hydroxylation is 1. The standard InChI is InChI=1S/C16H22S/c1-11(2)14-7-5-6-13-8-9-17-10-15(12(3)4)16(13)14/h5-7,10-12H,8-9H2,1-4H3. The van der Waals surface area contributed by atoms with Crippen LogP contribution in [0.2, 0.25) is 0 Å². The van der Waals surface area contributed by atoms with Crippen molar-refractivity contribution in [1.82, 2.24) is 0 Å². The quantitative estimate of drug-likeness (QED) is 0.700. The molecule has 0 bridgehead atoms. The highest BCUT2D eigenvalue weighted by Gasteiger charge is 2.18. The van der Waals surface area contributed by atoms with Gasteiger partial charge in [0.1, 0.15) is 0 Å².